The average Bonchev–Trinajstić information content (AvgIpc) is 3.06. The fourth-order valence-corrected chi connectivity index (χ4v) is 5.77. The van der Waals surface area contributed by atoms with E-state index in [1.807, 2.05) is 24.3 Å². The summed E-state index contributed by atoms with van der Waals surface area (Å²) in [6, 6.07) is 55.0. The minimum absolute atomic E-state index is 0.573. The first-order chi connectivity index (χ1) is 20.8. The molecule has 0 aliphatic carbocycles. The largest absolute Gasteiger partial charge is 0.569 e. The highest BCUT2D eigenvalue weighted by Gasteiger charge is 2.21. The van der Waals surface area contributed by atoms with Crippen LogP contribution in [0.3, 0.4) is 0 Å². The van der Waals surface area contributed by atoms with Crippen molar-refractivity contribution in [2.24, 2.45) is 0 Å². The fraction of sp³-hybridized carbons (Fsp3) is 0. The maximum atomic E-state index is 9.22. The summed E-state index contributed by atoms with van der Waals surface area (Å²) in [6.07, 6.45) is 0. The number of rotatable bonds is 7. The fourth-order valence-electron chi connectivity index (χ4n) is 5.77. The van der Waals surface area contributed by atoms with Crippen molar-refractivity contribution in [3.63, 3.8) is 0 Å². The molecule has 0 atom stereocenters. The molecule has 0 heterocycles. The van der Waals surface area contributed by atoms with Crippen LogP contribution in [0.25, 0.3) is 43.8 Å². The number of fused-ring (bicyclic) bond motifs is 3. The summed E-state index contributed by atoms with van der Waals surface area (Å²) in [6.45, 7) is 0. The van der Waals surface area contributed by atoms with Crippen molar-refractivity contribution in [1.82, 2.24) is 0 Å². The van der Waals surface area contributed by atoms with Crippen LogP contribution in [0.15, 0.2) is 158 Å². The van der Waals surface area contributed by atoms with E-state index < -0.39 is 0 Å². The molecular formula is C38H27BNO2. The van der Waals surface area contributed by atoms with Crippen LogP contribution in [0.5, 0.6) is 5.75 Å². The highest BCUT2D eigenvalue weighted by Crippen LogP contribution is 2.46. The monoisotopic (exact) mass is 540 g/mol. The van der Waals surface area contributed by atoms with Gasteiger partial charge in [0.15, 0.2) is 0 Å². The maximum absolute atomic E-state index is 9.22. The van der Waals surface area contributed by atoms with Gasteiger partial charge in [-0.25, -0.2) is 0 Å². The molecule has 0 spiro atoms. The summed E-state index contributed by atoms with van der Waals surface area (Å²) in [4.78, 5) is 2.38. The van der Waals surface area contributed by atoms with Crippen LogP contribution >= 0.6 is 0 Å². The van der Waals surface area contributed by atoms with Crippen molar-refractivity contribution in [3.8, 4) is 28.0 Å². The van der Waals surface area contributed by atoms with Gasteiger partial charge >= 0.3 is 7.69 Å². The van der Waals surface area contributed by atoms with Gasteiger partial charge in [-0.15, -0.1) is 0 Å². The molecule has 7 aromatic carbocycles. The molecule has 7 aromatic rings. The van der Waals surface area contributed by atoms with E-state index in [1.54, 1.807) is 0 Å². The van der Waals surface area contributed by atoms with Gasteiger partial charge in [-0.05, 0) is 69.2 Å². The van der Waals surface area contributed by atoms with Crippen molar-refractivity contribution in [2.75, 3.05) is 4.90 Å². The zero-order chi connectivity index (χ0) is 28.3. The van der Waals surface area contributed by atoms with E-state index in [0.29, 0.717) is 13.4 Å². The molecule has 3 nitrogen and oxygen atoms in total. The molecule has 0 fully saturated rings. The van der Waals surface area contributed by atoms with Crippen LogP contribution in [-0.2, 0) is 0 Å². The van der Waals surface area contributed by atoms with Crippen LogP contribution in [0, 0.1) is 0 Å². The van der Waals surface area contributed by atoms with Gasteiger partial charge < -0.3 is 14.6 Å². The highest BCUT2D eigenvalue weighted by atomic mass is 16.5. The lowest BCUT2D eigenvalue weighted by molar-refractivity contribution is 0.454. The predicted molar refractivity (Wildman–Crippen MR) is 176 cm³/mol. The third-order valence-electron chi connectivity index (χ3n) is 7.68. The Bertz CT molecular complexity index is 2010. The molecule has 199 valence electrons. The molecule has 0 saturated carbocycles. The van der Waals surface area contributed by atoms with E-state index in [0.717, 1.165) is 39.3 Å². The molecule has 0 aromatic heterocycles. The zero-order valence-electron chi connectivity index (χ0n) is 22.9. The molecule has 1 N–H and O–H groups in total. The summed E-state index contributed by atoms with van der Waals surface area (Å²) in [5.41, 5.74) is 7.53. The van der Waals surface area contributed by atoms with Gasteiger partial charge in [-0.2, -0.15) is 0 Å². The second kappa shape index (κ2) is 11.3. The summed E-state index contributed by atoms with van der Waals surface area (Å²) in [7, 11) is 0.713. The number of hydrogen-bond acceptors (Lipinski definition) is 3. The molecule has 42 heavy (non-hydrogen) atoms. The molecule has 1 radical (unpaired) electrons. The Balaban J connectivity index is 1.55. The minimum Gasteiger partial charge on any atom is -0.537 e. The van der Waals surface area contributed by atoms with Crippen molar-refractivity contribution >= 4 is 46.3 Å². The predicted octanol–water partition coefficient (Wildman–Crippen LogP) is 9.70. The van der Waals surface area contributed by atoms with Gasteiger partial charge in [0, 0.05) is 16.6 Å². The third kappa shape index (κ3) is 4.79. The summed E-state index contributed by atoms with van der Waals surface area (Å²) >= 11 is 0. The highest BCUT2D eigenvalue weighted by molar-refractivity contribution is 6.17. The normalized spacial score (nSPS) is 11.0. The SMILES string of the molecule is O[B]Oc1cccc(-c2ccc(-c3ccccc3)c(N(c3ccccc3)c3cc4ccccc4c4ccccc34)c2)c1. The van der Waals surface area contributed by atoms with Crippen LogP contribution in [0.1, 0.15) is 0 Å². The first kappa shape index (κ1) is 25.6. The molecule has 0 aliphatic rings. The number of anilines is 3. The number of hydrogen-bond donors (Lipinski definition) is 1. The van der Waals surface area contributed by atoms with Crippen LogP contribution in [0.2, 0.25) is 0 Å². The second-order valence-corrected chi connectivity index (χ2v) is 10.2. The quantitative estimate of drug-likeness (QED) is 0.161. The molecule has 7 rings (SSSR count). The summed E-state index contributed by atoms with van der Waals surface area (Å²) < 4.78 is 5.29. The molecule has 4 heteroatoms. The van der Waals surface area contributed by atoms with Gasteiger partial charge in [0.05, 0.1) is 11.4 Å². The first-order valence-electron chi connectivity index (χ1n) is 14.0. The Kier molecular flexibility index (Phi) is 6.89. The Morgan fingerprint density at radius 1 is 0.476 bits per heavy atom. The summed E-state index contributed by atoms with van der Waals surface area (Å²) in [5.74, 6) is 0.573. The Morgan fingerprint density at radius 2 is 1.12 bits per heavy atom. The molecule has 0 aliphatic heterocycles. The minimum atomic E-state index is 0.573. The van der Waals surface area contributed by atoms with Gasteiger partial charge in [-0.3, -0.25) is 0 Å². The number of nitrogens with zero attached hydrogens (tertiary/aromatic N) is 1. The molecule has 0 bridgehead atoms. The standard InChI is InChI=1S/C38H27BNO2/c41-39-42-32-18-11-15-28(24-32)29-22-23-34(27-12-3-1-4-13-27)37(25-29)40(31-16-5-2-6-17-31)38-26-30-14-7-8-19-33(30)35-20-9-10-21-36(35)38/h1-26,41H. The van der Waals surface area contributed by atoms with Crippen molar-refractivity contribution < 1.29 is 9.68 Å². The zero-order valence-corrected chi connectivity index (χ0v) is 22.9. The van der Waals surface area contributed by atoms with Crippen molar-refractivity contribution in [3.05, 3.63) is 158 Å². The van der Waals surface area contributed by atoms with E-state index in [2.05, 4.69) is 138 Å². The maximum Gasteiger partial charge on any atom is 0.569 e. The van der Waals surface area contributed by atoms with E-state index in [4.69, 9.17) is 4.65 Å². The first-order valence-corrected chi connectivity index (χ1v) is 14.0. The average molecular weight is 540 g/mol. The topological polar surface area (TPSA) is 32.7 Å². The van der Waals surface area contributed by atoms with E-state index >= 15 is 0 Å². The lowest BCUT2D eigenvalue weighted by Crippen LogP contribution is -2.12. The van der Waals surface area contributed by atoms with Crippen molar-refractivity contribution in [2.45, 2.75) is 0 Å². The molecule has 0 amide bonds. The lowest BCUT2D eigenvalue weighted by Gasteiger charge is -2.30. The van der Waals surface area contributed by atoms with Crippen LogP contribution < -0.4 is 9.55 Å². The van der Waals surface area contributed by atoms with Gasteiger partial charge in [0.1, 0.15) is 5.75 Å². The van der Waals surface area contributed by atoms with E-state index in [-0.39, 0.29) is 0 Å². The lowest BCUT2D eigenvalue weighted by atomic mass is 9.95. The molecule has 0 unspecified atom stereocenters. The van der Waals surface area contributed by atoms with Gasteiger partial charge in [-0.1, -0.05) is 121 Å². The second-order valence-electron chi connectivity index (χ2n) is 10.2. The van der Waals surface area contributed by atoms with Gasteiger partial charge in [0.25, 0.3) is 0 Å². The van der Waals surface area contributed by atoms with Crippen LogP contribution in [-0.4, -0.2) is 12.7 Å². The summed E-state index contributed by atoms with van der Waals surface area (Å²) in [5, 5.41) is 14.0. The number of para-hydroxylation sites is 1. The van der Waals surface area contributed by atoms with Gasteiger partial charge in [0.2, 0.25) is 0 Å². The third-order valence-corrected chi connectivity index (χ3v) is 7.68. The molecule has 0 saturated heterocycles. The van der Waals surface area contributed by atoms with E-state index in [9.17, 15) is 5.02 Å². The van der Waals surface area contributed by atoms with Crippen molar-refractivity contribution in [1.29, 1.82) is 0 Å². The Labute approximate surface area is 246 Å². The molecular weight excluding hydrogens is 513 g/mol. The van der Waals surface area contributed by atoms with Crippen LogP contribution in [0.4, 0.5) is 17.1 Å². The Morgan fingerprint density at radius 3 is 1.90 bits per heavy atom. The smallest absolute Gasteiger partial charge is 0.537 e. The number of benzene rings is 7. The van der Waals surface area contributed by atoms with E-state index in [1.165, 1.54) is 21.5 Å². The Hall–Kier alpha value is -5.32.